The Labute approximate surface area is 190 Å². The summed E-state index contributed by atoms with van der Waals surface area (Å²) in [5.41, 5.74) is 5.35. The highest BCUT2D eigenvalue weighted by Gasteiger charge is 2.23. The normalized spacial score (nSPS) is 16.7. The topological polar surface area (TPSA) is 58.1 Å². The number of ether oxygens (including phenoxy) is 2. The van der Waals surface area contributed by atoms with Crippen molar-refractivity contribution in [1.82, 2.24) is 9.88 Å². The van der Waals surface area contributed by atoms with Crippen molar-refractivity contribution in [1.29, 1.82) is 0 Å². The Balaban J connectivity index is 1.41. The molecule has 168 valence electrons. The first-order chi connectivity index (χ1) is 15.7. The number of benzene rings is 2. The third-order valence-electron chi connectivity index (χ3n) is 5.86. The smallest absolute Gasteiger partial charge is 0.118 e. The monoisotopic (exact) mass is 433 g/mol. The molecule has 1 aliphatic heterocycles. The van der Waals surface area contributed by atoms with Gasteiger partial charge in [0.25, 0.3) is 0 Å². The van der Waals surface area contributed by atoms with Crippen molar-refractivity contribution in [3.63, 3.8) is 0 Å². The van der Waals surface area contributed by atoms with Crippen LogP contribution in [-0.2, 0) is 11.3 Å². The maximum Gasteiger partial charge on any atom is 0.118 e. The minimum absolute atomic E-state index is 0.0445. The van der Waals surface area contributed by atoms with Crippen molar-refractivity contribution in [2.75, 3.05) is 51.9 Å². The second-order valence-electron chi connectivity index (χ2n) is 8.08. The average Bonchev–Trinajstić information content (AvgIpc) is 2.85. The number of pyridine rings is 1. The fraction of sp³-hybridized carbons (Fsp3) is 0.346. The molecule has 0 radical (unpaired) electrons. The molecule has 1 fully saturated rings. The summed E-state index contributed by atoms with van der Waals surface area (Å²) in [6.45, 7) is 4.07. The van der Waals surface area contributed by atoms with Gasteiger partial charge in [-0.25, -0.2) is 0 Å². The zero-order valence-corrected chi connectivity index (χ0v) is 18.8. The van der Waals surface area contributed by atoms with Crippen molar-refractivity contribution in [3.05, 3.63) is 78.0 Å². The molecule has 2 aromatic carbocycles. The Kier molecular flexibility index (Phi) is 7.37. The zero-order valence-electron chi connectivity index (χ0n) is 18.8. The SMILES string of the molecule is COc1ccc(-c2cccc([C@H]3CN(Cc4ccc(N(C)CCO)cc4)CCO3)n2)cc1. The first-order valence-corrected chi connectivity index (χ1v) is 11.0. The van der Waals surface area contributed by atoms with E-state index in [2.05, 4.69) is 34.1 Å². The van der Waals surface area contributed by atoms with E-state index in [0.717, 1.165) is 48.0 Å². The summed E-state index contributed by atoms with van der Waals surface area (Å²) in [6, 6.07) is 22.6. The van der Waals surface area contributed by atoms with Gasteiger partial charge in [0.1, 0.15) is 11.9 Å². The first-order valence-electron chi connectivity index (χ1n) is 11.0. The van der Waals surface area contributed by atoms with Crippen molar-refractivity contribution in [3.8, 4) is 17.0 Å². The Morgan fingerprint density at radius 3 is 2.59 bits per heavy atom. The van der Waals surface area contributed by atoms with E-state index in [1.165, 1.54) is 5.56 Å². The largest absolute Gasteiger partial charge is 0.497 e. The van der Waals surface area contributed by atoms with E-state index in [9.17, 15) is 0 Å². The Hall–Kier alpha value is -2.93. The number of rotatable bonds is 8. The van der Waals surface area contributed by atoms with E-state index < -0.39 is 0 Å². The number of aliphatic hydroxyl groups excluding tert-OH is 1. The standard InChI is InChI=1S/C26H31N3O3/c1-28(14-16-30)22-10-6-20(7-11-22)18-29-15-17-32-26(19-29)25-5-3-4-24(27-25)21-8-12-23(31-2)13-9-21/h3-13,26,30H,14-19H2,1-2H3/t26-/m1/s1. The fourth-order valence-electron chi connectivity index (χ4n) is 3.97. The predicted octanol–water partition coefficient (Wildman–Crippen LogP) is 3.76. The molecule has 1 saturated heterocycles. The van der Waals surface area contributed by atoms with Gasteiger partial charge in [0.15, 0.2) is 0 Å². The summed E-state index contributed by atoms with van der Waals surface area (Å²) in [5, 5.41) is 9.12. The first kappa shape index (κ1) is 22.3. The van der Waals surface area contributed by atoms with Gasteiger partial charge in [-0.15, -0.1) is 0 Å². The molecule has 1 aromatic heterocycles. The quantitative estimate of drug-likeness (QED) is 0.584. The van der Waals surface area contributed by atoms with Gasteiger partial charge in [0, 0.05) is 44.5 Å². The van der Waals surface area contributed by atoms with Crippen LogP contribution in [0.25, 0.3) is 11.3 Å². The van der Waals surface area contributed by atoms with E-state index in [0.29, 0.717) is 13.2 Å². The van der Waals surface area contributed by atoms with Crippen LogP contribution in [0.5, 0.6) is 5.75 Å². The van der Waals surface area contributed by atoms with Crippen LogP contribution in [0.1, 0.15) is 17.4 Å². The summed E-state index contributed by atoms with van der Waals surface area (Å²) in [5.74, 6) is 0.837. The van der Waals surface area contributed by atoms with Crippen LogP contribution in [0.15, 0.2) is 66.7 Å². The highest BCUT2D eigenvalue weighted by molar-refractivity contribution is 5.60. The molecule has 2 heterocycles. The van der Waals surface area contributed by atoms with E-state index in [-0.39, 0.29) is 12.7 Å². The maximum absolute atomic E-state index is 9.12. The molecule has 0 unspecified atom stereocenters. The van der Waals surface area contributed by atoms with E-state index in [1.54, 1.807) is 7.11 Å². The van der Waals surface area contributed by atoms with Gasteiger partial charge >= 0.3 is 0 Å². The van der Waals surface area contributed by atoms with Crippen molar-refractivity contribution in [2.24, 2.45) is 0 Å². The van der Waals surface area contributed by atoms with Crippen molar-refractivity contribution >= 4 is 5.69 Å². The van der Waals surface area contributed by atoms with Gasteiger partial charge in [-0.2, -0.15) is 0 Å². The molecule has 6 heteroatoms. The number of morpholine rings is 1. The van der Waals surface area contributed by atoms with Gasteiger partial charge in [0.05, 0.1) is 31.7 Å². The zero-order chi connectivity index (χ0) is 22.3. The van der Waals surface area contributed by atoms with Crippen LogP contribution >= 0.6 is 0 Å². The minimum Gasteiger partial charge on any atom is -0.497 e. The molecule has 1 N–H and O–H groups in total. The van der Waals surface area contributed by atoms with E-state index >= 15 is 0 Å². The number of likely N-dealkylation sites (N-methyl/N-ethyl adjacent to an activating group) is 1. The van der Waals surface area contributed by atoms with Crippen molar-refractivity contribution < 1.29 is 14.6 Å². The number of nitrogens with zero attached hydrogens (tertiary/aromatic N) is 3. The van der Waals surface area contributed by atoms with Gasteiger partial charge in [-0.1, -0.05) is 18.2 Å². The van der Waals surface area contributed by atoms with Gasteiger partial charge in [0.2, 0.25) is 0 Å². The van der Waals surface area contributed by atoms with Crippen LogP contribution in [0, 0.1) is 0 Å². The van der Waals surface area contributed by atoms with E-state index in [1.807, 2.05) is 49.5 Å². The molecular formula is C26H31N3O3. The highest BCUT2D eigenvalue weighted by atomic mass is 16.5. The second kappa shape index (κ2) is 10.6. The number of hydrogen-bond donors (Lipinski definition) is 1. The average molecular weight is 434 g/mol. The number of hydrogen-bond acceptors (Lipinski definition) is 6. The summed E-state index contributed by atoms with van der Waals surface area (Å²) >= 11 is 0. The van der Waals surface area contributed by atoms with Gasteiger partial charge in [-0.3, -0.25) is 9.88 Å². The minimum atomic E-state index is -0.0445. The lowest BCUT2D eigenvalue weighted by molar-refractivity contribution is -0.0349. The fourth-order valence-corrected chi connectivity index (χ4v) is 3.97. The lowest BCUT2D eigenvalue weighted by Gasteiger charge is -2.33. The molecule has 1 aliphatic rings. The van der Waals surface area contributed by atoms with Crippen LogP contribution in [0.4, 0.5) is 5.69 Å². The number of anilines is 1. The highest BCUT2D eigenvalue weighted by Crippen LogP contribution is 2.26. The summed E-state index contributed by atoms with van der Waals surface area (Å²) < 4.78 is 11.3. The maximum atomic E-state index is 9.12. The van der Waals surface area contributed by atoms with Crippen LogP contribution in [-0.4, -0.2) is 62.0 Å². The molecule has 0 bridgehead atoms. The second-order valence-corrected chi connectivity index (χ2v) is 8.08. The lowest BCUT2D eigenvalue weighted by atomic mass is 10.1. The van der Waals surface area contributed by atoms with Crippen molar-refractivity contribution in [2.45, 2.75) is 12.6 Å². The molecule has 1 atom stereocenters. The summed E-state index contributed by atoms with van der Waals surface area (Å²) in [6.07, 6.45) is -0.0445. The predicted molar refractivity (Wildman–Crippen MR) is 127 cm³/mol. The molecule has 0 saturated carbocycles. The molecule has 4 rings (SSSR count). The molecular weight excluding hydrogens is 402 g/mol. The molecule has 0 aliphatic carbocycles. The number of aliphatic hydroxyl groups is 1. The third-order valence-corrected chi connectivity index (χ3v) is 5.86. The molecule has 32 heavy (non-hydrogen) atoms. The van der Waals surface area contributed by atoms with Gasteiger partial charge < -0.3 is 19.5 Å². The third kappa shape index (κ3) is 5.46. The van der Waals surface area contributed by atoms with Crippen LogP contribution in [0.2, 0.25) is 0 Å². The Bertz CT molecular complexity index is 992. The van der Waals surface area contributed by atoms with Gasteiger partial charge in [-0.05, 0) is 54.1 Å². The molecule has 3 aromatic rings. The van der Waals surface area contributed by atoms with Crippen LogP contribution < -0.4 is 9.64 Å². The Morgan fingerprint density at radius 1 is 1.09 bits per heavy atom. The number of methoxy groups -OCH3 is 1. The summed E-state index contributed by atoms with van der Waals surface area (Å²) in [7, 11) is 3.66. The lowest BCUT2D eigenvalue weighted by Crippen LogP contribution is -2.38. The molecule has 0 spiro atoms. The Morgan fingerprint density at radius 2 is 1.88 bits per heavy atom. The van der Waals surface area contributed by atoms with Crippen LogP contribution in [0.3, 0.4) is 0 Å². The van der Waals surface area contributed by atoms with E-state index in [4.69, 9.17) is 19.6 Å². The molecule has 6 nitrogen and oxygen atoms in total. The molecule has 0 amide bonds. The number of aromatic nitrogens is 1. The summed E-state index contributed by atoms with van der Waals surface area (Å²) in [4.78, 5) is 9.36.